The molecule has 9 heteroatoms. The summed E-state index contributed by atoms with van der Waals surface area (Å²) >= 11 is 7.36. The summed E-state index contributed by atoms with van der Waals surface area (Å²) < 4.78 is 7.60. The normalized spacial score (nSPS) is 10.9. The van der Waals surface area contributed by atoms with Crippen molar-refractivity contribution in [1.82, 2.24) is 9.13 Å². The maximum atomic E-state index is 13.3. The first kappa shape index (κ1) is 20.9. The molecule has 1 N–H and O–H groups in total. The van der Waals surface area contributed by atoms with Crippen molar-refractivity contribution in [1.29, 1.82) is 0 Å². The molecule has 2 aromatic carbocycles. The monoisotopic (exact) mass is 455 g/mol. The number of aryl methyl sites for hydroxylation is 1. The van der Waals surface area contributed by atoms with E-state index in [2.05, 4.69) is 5.32 Å². The second-order valence-electron chi connectivity index (χ2n) is 6.81. The fourth-order valence-corrected chi connectivity index (χ4v) is 4.51. The maximum absolute atomic E-state index is 13.3. The Kier molecular flexibility index (Phi) is 5.67. The van der Waals surface area contributed by atoms with Crippen molar-refractivity contribution in [3.63, 3.8) is 0 Å². The van der Waals surface area contributed by atoms with Crippen LogP contribution in [0.25, 0.3) is 15.9 Å². The van der Waals surface area contributed by atoms with Gasteiger partial charge in [0.05, 0.1) is 23.9 Å². The van der Waals surface area contributed by atoms with Gasteiger partial charge in [-0.2, -0.15) is 0 Å². The summed E-state index contributed by atoms with van der Waals surface area (Å²) in [4.78, 5) is 40.5. The highest BCUT2D eigenvalue weighted by Gasteiger charge is 2.19. The van der Waals surface area contributed by atoms with E-state index in [1.807, 2.05) is 6.92 Å². The number of aromatic nitrogens is 2. The van der Waals surface area contributed by atoms with Crippen LogP contribution in [0.5, 0.6) is 5.75 Å². The van der Waals surface area contributed by atoms with Gasteiger partial charge in [0.2, 0.25) is 5.91 Å². The van der Waals surface area contributed by atoms with Crippen LogP contribution in [0.3, 0.4) is 0 Å². The summed E-state index contributed by atoms with van der Waals surface area (Å²) in [5, 5.41) is 3.53. The van der Waals surface area contributed by atoms with Crippen LogP contribution in [-0.2, 0) is 11.3 Å². The lowest BCUT2D eigenvalue weighted by Gasteiger charge is -2.13. The van der Waals surface area contributed by atoms with E-state index >= 15 is 0 Å². The fraction of sp³-hybridized carbons (Fsp3) is 0.136. The molecule has 0 radical (unpaired) electrons. The van der Waals surface area contributed by atoms with Crippen LogP contribution in [0.1, 0.15) is 4.88 Å². The molecule has 4 rings (SSSR count). The summed E-state index contributed by atoms with van der Waals surface area (Å²) in [6.07, 6.45) is 0. The lowest BCUT2D eigenvalue weighted by Crippen LogP contribution is -2.40. The Morgan fingerprint density at radius 3 is 2.65 bits per heavy atom. The largest absolute Gasteiger partial charge is 0.495 e. The van der Waals surface area contributed by atoms with Crippen molar-refractivity contribution >= 4 is 44.7 Å². The van der Waals surface area contributed by atoms with Gasteiger partial charge < -0.3 is 10.1 Å². The zero-order valence-corrected chi connectivity index (χ0v) is 18.3. The predicted octanol–water partition coefficient (Wildman–Crippen LogP) is 3.82. The SMILES string of the molecule is COc1ccccc1NC(=O)Cn1c(=O)n(-c2cccc(Cl)c2)c(=O)c2cc(C)sc21. The van der Waals surface area contributed by atoms with Gasteiger partial charge in [0.1, 0.15) is 17.1 Å². The quantitative estimate of drug-likeness (QED) is 0.496. The number of ether oxygens (including phenoxy) is 1. The Hall–Kier alpha value is -3.36. The molecule has 0 saturated heterocycles. The number of carbonyl (C=O) groups excluding carboxylic acids is 1. The van der Waals surface area contributed by atoms with E-state index in [9.17, 15) is 14.4 Å². The molecule has 0 aliphatic heterocycles. The highest BCUT2D eigenvalue weighted by atomic mass is 35.5. The topological polar surface area (TPSA) is 82.3 Å². The second-order valence-corrected chi connectivity index (χ2v) is 8.48. The zero-order valence-electron chi connectivity index (χ0n) is 16.7. The van der Waals surface area contributed by atoms with Crippen LogP contribution in [0, 0.1) is 6.92 Å². The molecule has 2 aromatic heterocycles. The molecule has 7 nitrogen and oxygen atoms in total. The molecule has 2 heterocycles. The first-order valence-corrected chi connectivity index (χ1v) is 10.5. The average Bonchev–Trinajstić information content (AvgIpc) is 3.13. The number of benzene rings is 2. The fourth-order valence-electron chi connectivity index (χ4n) is 3.33. The summed E-state index contributed by atoms with van der Waals surface area (Å²) in [5.41, 5.74) is -0.234. The highest BCUT2D eigenvalue weighted by molar-refractivity contribution is 7.18. The second kappa shape index (κ2) is 8.41. The molecule has 158 valence electrons. The molecule has 0 fully saturated rings. The summed E-state index contributed by atoms with van der Waals surface area (Å²) in [7, 11) is 1.51. The van der Waals surface area contributed by atoms with Crippen molar-refractivity contribution in [2.24, 2.45) is 0 Å². The average molecular weight is 456 g/mol. The van der Waals surface area contributed by atoms with Gasteiger partial charge >= 0.3 is 5.69 Å². The van der Waals surface area contributed by atoms with Crippen LogP contribution >= 0.6 is 22.9 Å². The van der Waals surface area contributed by atoms with Gasteiger partial charge in [-0.25, -0.2) is 9.36 Å². The van der Waals surface area contributed by atoms with Crippen molar-refractivity contribution in [3.05, 3.63) is 85.3 Å². The van der Waals surface area contributed by atoms with Crippen LogP contribution in [-0.4, -0.2) is 22.2 Å². The van der Waals surface area contributed by atoms with E-state index in [4.69, 9.17) is 16.3 Å². The first-order valence-electron chi connectivity index (χ1n) is 9.34. The lowest BCUT2D eigenvalue weighted by molar-refractivity contribution is -0.116. The molecule has 0 atom stereocenters. The van der Waals surface area contributed by atoms with E-state index in [0.717, 1.165) is 9.44 Å². The van der Waals surface area contributed by atoms with Crippen molar-refractivity contribution in [3.8, 4) is 11.4 Å². The van der Waals surface area contributed by atoms with Crippen LogP contribution in [0.15, 0.2) is 64.2 Å². The third-order valence-corrected chi connectivity index (χ3v) is 5.99. The molecule has 0 bridgehead atoms. The molecule has 0 spiro atoms. The standard InChI is InChI=1S/C22H18ClN3O4S/c1-13-10-16-20(28)26(15-7-5-6-14(23)11-15)22(29)25(21(16)31-13)12-19(27)24-17-8-3-4-9-18(17)30-2/h3-11H,12H2,1-2H3,(H,24,27). The van der Waals surface area contributed by atoms with E-state index < -0.39 is 17.2 Å². The molecule has 31 heavy (non-hydrogen) atoms. The summed E-state index contributed by atoms with van der Waals surface area (Å²) in [6, 6.07) is 15.2. The van der Waals surface area contributed by atoms with Crippen LogP contribution in [0.2, 0.25) is 5.02 Å². The third-order valence-electron chi connectivity index (χ3n) is 4.69. The number of hydrogen-bond donors (Lipinski definition) is 1. The number of nitrogens with zero attached hydrogens (tertiary/aromatic N) is 2. The number of anilines is 1. The Bertz CT molecular complexity index is 1420. The Balaban J connectivity index is 1.83. The van der Waals surface area contributed by atoms with Crippen molar-refractivity contribution in [2.75, 3.05) is 12.4 Å². The molecule has 0 aliphatic rings. The number of halogens is 1. The van der Waals surface area contributed by atoms with E-state index in [0.29, 0.717) is 32.4 Å². The Morgan fingerprint density at radius 2 is 1.90 bits per heavy atom. The smallest absolute Gasteiger partial charge is 0.337 e. The minimum absolute atomic E-state index is 0.270. The molecular weight excluding hydrogens is 438 g/mol. The highest BCUT2D eigenvalue weighted by Crippen LogP contribution is 2.24. The Morgan fingerprint density at radius 1 is 1.13 bits per heavy atom. The number of nitrogens with one attached hydrogen (secondary N) is 1. The number of amides is 1. The van der Waals surface area contributed by atoms with Crippen LogP contribution < -0.4 is 21.3 Å². The molecule has 0 saturated carbocycles. The number of rotatable bonds is 5. The number of para-hydroxylation sites is 2. The van der Waals surface area contributed by atoms with Crippen molar-refractivity contribution < 1.29 is 9.53 Å². The predicted molar refractivity (Wildman–Crippen MR) is 123 cm³/mol. The zero-order chi connectivity index (χ0) is 22.1. The van der Waals surface area contributed by atoms with Gasteiger partial charge in [-0.3, -0.25) is 14.2 Å². The van der Waals surface area contributed by atoms with Gasteiger partial charge in [-0.15, -0.1) is 11.3 Å². The van der Waals surface area contributed by atoms with Gasteiger partial charge in [0, 0.05) is 9.90 Å². The number of fused-ring (bicyclic) bond motifs is 1. The van der Waals surface area contributed by atoms with Crippen molar-refractivity contribution in [2.45, 2.75) is 13.5 Å². The third kappa shape index (κ3) is 3.99. The molecule has 0 unspecified atom stereocenters. The van der Waals surface area contributed by atoms with Gasteiger partial charge in [0.25, 0.3) is 5.56 Å². The summed E-state index contributed by atoms with van der Waals surface area (Å²) in [6.45, 7) is 1.58. The molecular formula is C22H18ClN3O4S. The number of methoxy groups -OCH3 is 1. The number of carbonyl (C=O) groups is 1. The first-order chi connectivity index (χ1) is 14.9. The number of hydrogen-bond acceptors (Lipinski definition) is 5. The van der Waals surface area contributed by atoms with Gasteiger partial charge in [-0.05, 0) is 43.3 Å². The summed E-state index contributed by atoms with van der Waals surface area (Å²) in [5.74, 6) is 0.0828. The van der Waals surface area contributed by atoms with E-state index in [-0.39, 0.29) is 6.54 Å². The van der Waals surface area contributed by atoms with E-state index in [1.54, 1.807) is 48.5 Å². The lowest BCUT2D eigenvalue weighted by atomic mass is 10.3. The Labute approximate surface area is 186 Å². The van der Waals surface area contributed by atoms with Crippen LogP contribution in [0.4, 0.5) is 5.69 Å². The maximum Gasteiger partial charge on any atom is 0.337 e. The van der Waals surface area contributed by atoms with Gasteiger partial charge in [0.15, 0.2) is 0 Å². The molecule has 0 aliphatic carbocycles. The van der Waals surface area contributed by atoms with E-state index in [1.165, 1.54) is 29.1 Å². The minimum Gasteiger partial charge on any atom is -0.495 e. The molecule has 1 amide bonds. The molecule has 4 aromatic rings. The number of thiophene rings is 1. The minimum atomic E-state index is -0.614. The van der Waals surface area contributed by atoms with Gasteiger partial charge in [-0.1, -0.05) is 29.8 Å².